The highest BCUT2D eigenvalue weighted by Gasteiger charge is 2.60. The number of hydrogen-bond donors (Lipinski definition) is 1. The topological polar surface area (TPSA) is 61.8 Å². The van der Waals surface area contributed by atoms with Crippen LogP contribution in [0.15, 0.2) is 12.4 Å². The molecule has 4 aliphatic rings. The third kappa shape index (κ3) is 3.97. The van der Waals surface area contributed by atoms with Gasteiger partial charge in [0, 0.05) is 6.20 Å². The molecule has 1 heterocycles. The fourth-order valence-electron chi connectivity index (χ4n) is 9.99. The molecule has 4 saturated carbocycles. The first-order chi connectivity index (χ1) is 15.7. The van der Waals surface area contributed by atoms with E-state index in [1.807, 2.05) is 6.92 Å². The maximum absolute atomic E-state index is 11.7. The number of aromatic nitrogens is 2. The van der Waals surface area contributed by atoms with Crippen LogP contribution in [0.2, 0.25) is 0 Å². The van der Waals surface area contributed by atoms with Crippen LogP contribution in [0.4, 0.5) is 0 Å². The van der Waals surface area contributed by atoms with Crippen LogP contribution < -0.4 is 0 Å². The lowest BCUT2D eigenvalue weighted by molar-refractivity contribution is -0.119. The van der Waals surface area contributed by atoms with E-state index < -0.39 is 5.60 Å². The highest BCUT2D eigenvalue weighted by molar-refractivity contribution is 5.21. The summed E-state index contributed by atoms with van der Waals surface area (Å²) in [5.41, 5.74) is 0.606. The Bertz CT molecular complexity index is 899. The van der Waals surface area contributed by atoms with Gasteiger partial charge in [-0.1, -0.05) is 27.2 Å². The van der Waals surface area contributed by atoms with Crippen molar-refractivity contribution in [3.05, 3.63) is 18.0 Å². The molecule has 0 spiro atoms. The molecule has 5 rings (SSSR count). The van der Waals surface area contributed by atoms with Crippen molar-refractivity contribution >= 4 is 0 Å². The van der Waals surface area contributed by atoms with Gasteiger partial charge >= 0.3 is 0 Å². The zero-order valence-electron chi connectivity index (χ0n) is 21.4. The molecule has 0 radical (unpaired) electrons. The van der Waals surface area contributed by atoms with Gasteiger partial charge in [-0.05, 0) is 117 Å². The van der Waals surface area contributed by atoms with Crippen LogP contribution in [0.25, 0.3) is 0 Å². The largest absolute Gasteiger partial charge is 0.388 e. The SMILES string of the molecule is CCC[C@@]1(C)CC[C@H]2[C@H](CC[C@@H]3[C@@H]2CC[C@@]2(C)[C@H]3CC[C@@H]2[C@@](C)(O)Cn2cc(C#N)cn2)C1. The van der Waals surface area contributed by atoms with Gasteiger partial charge in [0.25, 0.3) is 0 Å². The van der Waals surface area contributed by atoms with Crippen molar-refractivity contribution in [2.45, 2.75) is 110 Å². The minimum absolute atomic E-state index is 0.230. The Morgan fingerprint density at radius 1 is 1.12 bits per heavy atom. The predicted molar refractivity (Wildman–Crippen MR) is 131 cm³/mol. The fraction of sp³-hybridized carbons (Fsp3) is 0.862. The molecule has 0 aliphatic heterocycles. The van der Waals surface area contributed by atoms with E-state index in [1.54, 1.807) is 17.1 Å². The van der Waals surface area contributed by atoms with Gasteiger partial charge in [0.1, 0.15) is 6.07 Å². The number of nitriles is 1. The van der Waals surface area contributed by atoms with Gasteiger partial charge in [-0.25, -0.2) is 0 Å². The standard InChI is InChI=1S/C29H45N3O/c1-5-12-27(2)13-10-22-21(15-27)6-7-24-23(22)11-14-28(3)25(24)8-9-26(28)29(4,33)19-32-18-20(16-30)17-31-32/h17-18,21-26,33H,5-15,19H2,1-4H3/t21-,22+,23-,24-,25+,26+,27+,28+,29+/m1/s1. The fourth-order valence-corrected chi connectivity index (χ4v) is 9.99. The Balaban J connectivity index is 1.31. The Kier molecular flexibility index (Phi) is 5.96. The lowest BCUT2D eigenvalue weighted by Gasteiger charge is -2.58. The number of fused-ring (bicyclic) bond motifs is 5. The van der Waals surface area contributed by atoms with Gasteiger partial charge in [-0.3, -0.25) is 4.68 Å². The summed E-state index contributed by atoms with van der Waals surface area (Å²) in [4.78, 5) is 0. The van der Waals surface area contributed by atoms with Crippen LogP contribution in [0.1, 0.15) is 104 Å². The number of nitrogens with zero attached hydrogens (tertiary/aromatic N) is 3. The highest BCUT2D eigenvalue weighted by atomic mass is 16.3. The summed E-state index contributed by atoms with van der Waals surface area (Å²) in [5, 5.41) is 25.2. The van der Waals surface area contributed by atoms with E-state index in [-0.39, 0.29) is 5.41 Å². The Hall–Kier alpha value is -1.34. The monoisotopic (exact) mass is 451 g/mol. The summed E-state index contributed by atoms with van der Waals surface area (Å²) in [5.74, 6) is 4.81. The van der Waals surface area contributed by atoms with Crippen LogP contribution >= 0.6 is 0 Å². The molecule has 1 N–H and O–H groups in total. The molecule has 33 heavy (non-hydrogen) atoms. The van der Waals surface area contributed by atoms with E-state index >= 15 is 0 Å². The van der Waals surface area contributed by atoms with E-state index in [1.165, 1.54) is 64.2 Å². The Morgan fingerprint density at radius 3 is 2.64 bits per heavy atom. The van der Waals surface area contributed by atoms with Gasteiger partial charge in [-0.2, -0.15) is 10.4 Å². The maximum atomic E-state index is 11.7. The van der Waals surface area contributed by atoms with Crippen molar-refractivity contribution in [3.63, 3.8) is 0 Å². The molecule has 4 aliphatic carbocycles. The Morgan fingerprint density at radius 2 is 1.91 bits per heavy atom. The highest BCUT2D eigenvalue weighted by Crippen LogP contribution is 2.66. The molecular formula is C29H45N3O. The minimum Gasteiger partial charge on any atom is -0.388 e. The van der Waals surface area contributed by atoms with Crippen molar-refractivity contribution in [2.24, 2.45) is 46.3 Å². The second kappa shape index (κ2) is 8.40. The zero-order valence-corrected chi connectivity index (χ0v) is 21.4. The first-order valence-corrected chi connectivity index (χ1v) is 13.8. The lowest BCUT2D eigenvalue weighted by atomic mass is 9.47. The lowest BCUT2D eigenvalue weighted by Crippen LogP contribution is -2.53. The van der Waals surface area contributed by atoms with E-state index in [4.69, 9.17) is 5.26 Å². The summed E-state index contributed by atoms with van der Waals surface area (Å²) >= 11 is 0. The van der Waals surface area contributed by atoms with Crippen molar-refractivity contribution < 1.29 is 5.11 Å². The van der Waals surface area contributed by atoms with Gasteiger partial charge < -0.3 is 5.11 Å². The van der Waals surface area contributed by atoms with E-state index in [2.05, 4.69) is 31.9 Å². The number of aliphatic hydroxyl groups is 1. The molecule has 0 amide bonds. The van der Waals surface area contributed by atoms with Crippen molar-refractivity contribution in [1.29, 1.82) is 5.26 Å². The molecule has 0 bridgehead atoms. The number of hydrogen-bond acceptors (Lipinski definition) is 3. The van der Waals surface area contributed by atoms with Crippen LogP contribution in [-0.2, 0) is 6.54 Å². The second-order valence-corrected chi connectivity index (χ2v) is 13.3. The molecule has 1 aromatic rings. The van der Waals surface area contributed by atoms with Gasteiger partial charge in [0.2, 0.25) is 0 Å². The van der Waals surface area contributed by atoms with Crippen molar-refractivity contribution in [3.8, 4) is 6.07 Å². The normalized spacial score (nSPS) is 44.2. The summed E-state index contributed by atoms with van der Waals surface area (Å²) in [7, 11) is 0. The molecule has 1 aromatic heterocycles. The van der Waals surface area contributed by atoms with Crippen LogP contribution in [0, 0.1) is 57.7 Å². The number of rotatable bonds is 5. The van der Waals surface area contributed by atoms with Gasteiger partial charge in [0.05, 0.1) is 23.9 Å². The Labute approximate surface area is 201 Å². The summed E-state index contributed by atoms with van der Waals surface area (Å²) < 4.78 is 1.78. The van der Waals surface area contributed by atoms with Crippen molar-refractivity contribution in [1.82, 2.24) is 9.78 Å². The van der Waals surface area contributed by atoms with E-state index in [0.717, 1.165) is 36.0 Å². The molecule has 0 saturated heterocycles. The molecule has 0 aromatic carbocycles. The second-order valence-electron chi connectivity index (χ2n) is 13.3. The molecule has 9 atom stereocenters. The predicted octanol–water partition coefficient (Wildman–Crippen LogP) is 6.58. The van der Waals surface area contributed by atoms with Crippen molar-refractivity contribution in [2.75, 3.05) is 0 Å². The molecule has 182 valence electrons. The smallest absolute Gasteiger partial charge is 0.102 e. The minimum atomic E-state index is -0.793. The third-order valence-electron chi connectivity index (χ3n) is 11.2. The summed E-state index contributed by atoms with van der Waals surface area (Å²) in [6, 6.07) is 2.16. The van der Waals surface area contributed by atoms with Crippen LogP contribution in [-0.4, -0.2) is 20.5 Å². The van der Waals surface area contributed by atoms with Gasteiger partial charge in [-0.15, -0.1) is 0 Å². The van der Waals surface area contributed by atoms with Gasteiger partial charge in [0.15, 0.2) is 0 Å². The van der Waals surface area contributed by atoms with Crippen LogP contribution in [0.5, 0.6) is 0 Å². The zero-order chi connectivity index (χ0) is 23.4. The van der Waals surface area contributed by atoms with E-state index in [0.29, 0.717) is 23.4 Å². The maximum Gasteiger partial charge on any atom is 0.102 e. The average molecular weight is 452 g/mol. The third-order valence-corrected chi connectivity index (χ3v) is 11.2. The molecule has 4 fully saturated rings. The molecule has 4 heteroatoms. The first-order valence-electron chi connectivity index (χ1n) is 13.8. The molecule has 4 nitrogen and oxygen atoms in total. The summed E-state index contributed by atoms with van der Waals surface area (Å²) in [6.45, 7) is 9.94. The van der Waals surface area contributed by atoms with Crippen LogP contribution in [0.3, 0.4) is 0 Å². The molecular weight excluding hydrogens is 406 g/mol. The first kappa shape index (κ1) is 23.4. The quantitative estimate of drug-likeness (QED) is 0.550. The molecule has 0 unspecified atom stereocenters. The van der Waals surface area contributed by atoms with E-state index in [9.17, 15) is 5.11 Å². The summed E-state index contributed by atoms with van der Waals surface area (Å²) in [6.07, 6.45) is 18.4. The average Bonchev–Trinajstić information content (AvgIpc) is 3.36.